The van der Waals surface area contributed by atoms with Crippen molar-refractivity contribution in [1.29, 1.82) is 0 Å². The van der Waals surface area contributed by atoms with E-state index < -0.39 is 13.7 Å². The summed E-state index contributed by atoms with van der Waals surface area (Å²) >= 11 is 0. The van der Waals surface area contributed by atoms with Crippen LogP contribution >= 0.6 is 0 Å². The summed E-state index contributed by atoms with van der Waals surface area (Å²) in [4.78, 5) is 18.1. The van der Waals surface area contributed by atoms with Crippen molar-refractivity contribution in [3.63, 3.8) is 0 Å². The molecule has 20 aromatic rings. The second-order valence-electron chi connectivity index (χ2n) is 30.1. The lowest BCUT2D eigenvalue weighted by Crippen LogP contribution is -2.31. The molecule has 0 atom stereocenters. The third kappa shape index (κ3) is 13.8. The molecule has 562 valence electrons. The number of furan rings is 4. The predicted octanol–water partition coefficient (Wildman–Crippen LogP) is 24.0. The number of benzene rings is 8. The van der Waals surface area contributed by atoms with Crippen LogP contribution in [0.4, 0.5) is 0 Å². The Kier molecular flexibility index (Phi) is 17.7. The SMILES string of the molecule is Cc1ccc2c(n1)oc1c(-c3cc(-c4ccccc4)c(C)c[n+]3C)c(C)ccc12.Cc1ccc2c(n1)oc1c(-c3cc(-c4ccccc4)cc[n+]3C)c(C)cc(C)c12.Cc1ccc2c(n1)oc1c(-c3cc(-c4ccccc4)cc[n+]3C)c(C)ccc12.[2H]C([2H])([2H])c1c[n+](C)c(-c2c(C)cc(C([2H])([2H])[2H])c3c2oc2ncccc23)cc1-c1ccccc1. The number of aryl methyl sites for hydroxylation is 15. The molecule has 115 heavy (non-hydrogen) atoms. The molecule has 0 bridgehead atoms. The van der Waals surface area contributed by atoms with Crippen molar-refractivity contribution in [3.05, 3.63) is 335 Å². The molecule has 8 aromatic carbocycles. The lowest BCUT2D eigenvalue weighted by Gasteiger charge is -2.11. The zero-order chi connectivity index (χ0) is 84.6. The smallest absolute Gasteiger partial charge is 0.227 e. The van der Waals surface area contributed by atoms with Gasteiger partial charge < -0.3 is 17.7 Å². The summed E-state index contributed by atoms with van der Waals surface area (Å²) in [6.07, 6.45) is 9.65. The van der Waals surface area contributed by atoms with Gasteiger partial charge in [0.25, 0.3) is 0 Å². The van der Waals surface area contributed by atoms with Crippen molar-refractivity contribution in [2.45, 2.75) is 76.0 Å². The van der Waals surface area contributed by atoms with E-state index >= 15 is 0 Å². The van der Waals surface area contributed by atoms with Crippen molar-refractivity contribution in [2.75, 3.05) is 0 Å². The van der Waals surface area contributed by atoms with Gasteiger partial charge in [-0.3, -0.25) is 0 Å². The Morgan fingerprint density at radius 1 is 0.270 bits per heavy atom. The number of pyridine rings is 8. The maximum absolute atomic E-state index is 8.13. The summed E-state index contributed by atoms with van der Waals surface area (Å²) in [6, 6.07) is 82.3. The van der Waals surface area contributed by atoms with Gasteiger partial charge >= 0.3 is 0 Å². The maximum Gasteiger partial charge on any atom is 0.227 e. The van der Waals surface area contributed by atoms with E-state index in [0.29, 0.717) is 61.6 Å². The molecular weight excluding hydrogens is 1410 g/mol. The fourth-order valence-corrected chi connectivity index (χ4v) is 16.3. The number of rotatable bonds is 8. The van der Waals surface area contributed by atoms with E-state index in [0.717, 1.165) is 105 Å². The molecule has 12 aromatic heterocycles. The van der Waals surface area contributed by atoms with Crippen LogP contribution < -0.4 is 18.3 Å². The van der Waals surface area contributed by atoms with Crippen LogP contribution in [0.15, 0.2) is 291 Å². The molecular formula is C103H90N8O4+4. The first-order chi connectivity index (χ1) is 58.1. The summed E-state index contributed by atoms with van der Waals surface area (Å²) < 4.78 is 82.1. The van der Waals surface area contributed by atoms with Crippen molar-refractivity contribution < 1.29 is 44.2 Å². The number of hydrogen-bond donors (Lipinski definition) is 0. The second-order valence-corrected chi connectivity index (χ2v) is 30.1. The van der Waals surface area contributed by atoms with E-state index in [1.54, 1.807) is 42.2 Å². The number of aromatic nitrogens is 8. The van der Waals surface area contributed by atoms with Crippen molar-refractivity contribution in [2.24, 2.45) is 28.2 Å². The highest BCUT2D eigenvalue weighted by Gasteiger charge is 2.29. The van der Waals surface area contributed by atoms with Gasteiger partial charge in [0.05, 0.1) is 22.3 Å². The van der Waals surface area contributed by atoms with Crippen molar-refractivity contribution >= 4 is 88.3 Å². The second kappa shape index (κ2) is 30.3. The summed E-state index contributed by atoms with van der Waals surface area (Å²) in [6.45, 7) is 13.9. The van der Waals surface area contributed by atoms with E-state index in [1.807, 2.05) is 94.4 Å². The summed E-state index contributed by atoms with van der Waals surface area (Å²) in [5.41, 5.74) is 32.4. The van der Waals surface area contributed by atoms with Gasteiger partial charge in [0.15, 0.2) is 47.1 Å². The Morgan fingerprint density at radius 3 is 1.10 bits per heavy atom. The number of fused-ring (bicyclic) bond motifs is 12. The van der Waals surface area contributed by atoms with Gasteiger partial charge in [0.2, 0.25) is 45.6 Å². The van der Waals surface area contributed by atoms with E-state index in [2.05, 4.69) is 266 Å². The maximum atomic E-state index is 8.13. The molecule has 0 N–H and O–H groups in total. The molecule has 20 rings (SSSR count). The van der Waals surface area contributed by atoms with E-state index in [4.69, 9.17) is 25.9 Å². The predicted molar refractivity (Wildman–Crippen MR) is 466 cm³/mol. The quantitative estimate of drug-likeness (QED) is 0.138. The Bertz CT molecular complexity index is 7460. The number of nitrogens with zero attached hydrogens (tertiary/aromatic N) is 8. The molecule has 0 saturated carbocycles. The van der Waals surface area contributed by atoms with Gasteiger partial charge in [-0.25, -0.2) is 38.2 Å². The molecule has 0 aliphatic carbocycles. The van der Waals surface area contributed by atoms with E-state index in [-0.39, 0.29) is 11.1 Å². The van der Waals surface area contributed by atoms with Crippen molar-refractivity contribution in [1.82, 2.24) is 19.9 Å². The van der Waals surface area contributed by atoms with E-state index in [9.17, 15) is 0 Å². The topological polar surface area (TPSA) is 120 Å². The fourth-order valence-electron chi connectivity index (χ4n) is 16.3. The molecule has 12 heterocycles. The van der Waals surface area contributed by atoms with Gasteiger partial charge in [-0.1, -0.05) is 158 Å². The van der Waals surface area contributed by atoms with Crippen LogP contribution in [0.3, 0.4) is 0 Å². The van der Waals surface area contributed by atoms with E-state index in [1.165, 1.54) is 61.2 Å². The minimum absolute atomic E-state index is 0.200. The Hall–Kier alpha value is -13.8. The highest BCUT2D eigenvalue weighted by Crippen LogP contribution is 2.44. The zero-order valence-corrected chi connectivity index (χ0v) is 66.7. The third-order valence-corrected chi connectivity index (χ3v) is 22.0. The van der Waals surface area contributed by atoms with Gasteiger partial charge in [0, 0.05) is 122 Å². The highest BCUT2D eigenvalue weighted by atomic mass is 16.4. The van der Waals surface area contributed by atoms with Crippen LogP contribution in [0.5, 0.6) is 0 Å². The molecule has 0 unspecified atom stereocenters. The Balaban J connectivity index is 0.000000115. The zero-order valence-electron chi connectivity index (χ0n) is 72.7. The van der Waals surface area contributed by atoms with Gasteiger partial charge in [-0.2, -0.15) is 0 Å². The third-order valence-electron chi connectivity index (χ3n) is 22.0. The first kappa shape index (κ1) is 66.9. The first-order valence-electron chi connectivity index (χ1n) is 41.6. The minimum Gasteiger partial charge on any atom is -0.437 e. The van der Waals surface area contributed by atoms with Crippen LogP contribution in [-0.4, -0.2) is 19.9 Å². The van der Waals surface area contributed by atoms with Gasteiger partial charge in [-0.15, -0.1) is 0 Å². The fraction of sp³-hybridized carbons (Fsp3) is 0.146. The van der Waals surface area contributed by atoms with Crippen LogP contribution in [-0.2, 0) is 28.2 Å². The molecule has 0 spiro atoms. The van der Waals surface area contributed by atoms with Gasteiger partial charge in [-0.05, 0) is 202 Å². The highest BCUT2D eigenvalue weighted by molar-refractivity contribution is 6.13. The molecule has 0 fully saturated rings. The molecule has 0 amide bonds. The largest absolute Gasteiger partial charge is 0.437 e. The Labute approximate surface area is 677 Å². The lowest BCUT2D eigenvalue weighted by atomic mass is 9.94. The normalized spacial score (nSPS) is 12.4. The standard InChI is InChI=1S/3C26H23N2O.C25H21N2O/c1-16-13-17(2)24(25-23(16)20-11-8-12-27-26(20)29-25)22-14-21(18(3)15-28(22)4)19-9-6-5-7-10-19;1-16-10-12-20-21-13-11-18(3)27-26(21)29-25(20)24(16)23-14-22(17(2)15-28(23)4)19-8-6-5-7-9-19;1-16-14-17(2)24(25-23(16)21-11-10-18(3)27-26(21)29-25)22-15-20(12-13-28(22)4)19-8-6-5-7-9-19;1-16-9-11-20-21-12-10-17(2)26-25(21)28-24(20)23(16)22-15-19(13-14-27(22)3)18-7-5-4-6-8-18/h3*5-15H,1-4H3;4-15H,1-3H3/q4*+1/i1D3,3D3;;;. The molecule has 0 saturated heterocycles. The first-order valence-corrected chi connectivity index (χ1v) is 38.6. The molecule has 0 aliphatic heterocycles. The van der Waals surface area contributed by atoms with Crippen LogP contribution in [0, 0.1) is 76.0 Å². The monoisotopic (exact) mass is 1510 g/mol. The van der Waals surface area contributed by atoms with Gasteiger partial charge in [0.1, 0.15) is 28.2 Å². The average molecular weight is 1510 g/mol. The molecule has 12 nitrogen and oxygen atoms in total. The Morgan fingerprint density at radius 2 is 0.635 bits per heavy atom. The molecule has 0 aliphatic rings. The lowest BCUT2D eigenvalue weighted by molar-refractivity contribution is -0.660. The van der Waals surface area contributed by atoms with Crippen LogP contribution in [0.2, 0.25) is 0 Å². The summed E-state index contributed by atoms with van der Waals surface area (Å²) in [5, 5.41) is 7.68. The molecule has 0 radical (unpaired) electrons. The summed E-state index contributed by atoms with van der Waals surface area (Å²) in [5.74, 6) is 0. The average Bonchev–Trinajstić information content (AvgIpc) is 1.61. The minimum atomic E-state index is -2.35. The molecule has 12 heteroatoms. The van der Waals surface area contributed by atoms with Crippen LogP contribution in [0.1, 0.15) is 69.8 Å². The number of hydrogen-bond acceptors (Lipinski definition) is 8. The van der Waals surface area contributed by atoms with Crippen molar-refractivity contribution in [3.8, 4) is 89.5 Å². The van der Waals surface area contributed by atoms with Crippen LogP contribution in [0.25, 0.3) is 178 Å². The summed E-state index contributed by atoms with van der Waals surface area (Å²) in [7, 11) is 8.04.